The van der Waals surface area contributed by atoms with Gasteiger partial charge in [0.2, 0.25) is 10.0 Å². The maximum absolute atomic E-state index is 11.6. The second-order valence-corrected chi connectivity index (χ2v) is 5.01. The SMILES string of the molecule is NCCCNS(=O)(=O)c1ccc(Cl)nc1. The van der Waals surface area contributed by atoms with Crippen molar-refractivity contribution < 1.29 is 8.42 Å². The van der Waals surface area contributed by atoms with E-state index in [1.807, 2.05) is 0 Å². The van der Waals surface area contributed by atoms with Crippen LogP contribution in [0.2, 0.25) is 5.15 Å². The Balaban J connectivity index is 2.73. The topological polar surface area (TPSA) is 85.1 Å². The lowest BCUT2D eigenvalue weighted by atomic mass is 10.4. The largest absolute Gasteiger partial charge is 0.330 e. The highest BCUT2D eigenvalue weighted by Crippen LogP contribution is 2.10. The van der Waals surface area contributed by atoms with E-state index in [9.17, 15) is 8.42 Å². The monoisotopic (exact) mass is 249 g/mol. The Hall–Kier alpha value is -0.690. The molecule has 0 aliphatic heterocycles. The molecule has 1 aromatic heterocycles. The summed E-state index contributed by atoms with van der Waals surface area (Å²) in [5, 5.41) is 0.260. The van der Waals surface area contributed by atoms with Crippen LogP contribution in [0.15, 0.2) is 23.2 Å². The fourth-order valence-corrected chi connectivity index (χ4v) is 2.04. The van der Waals surface area contributed by atoms with Gasteiger partial charge in [0.25, 0.3) is 0 Å². The van der Waals surface area contributed by atoms with E-state index in [2.05, 4.69) is 9.71 Å². The van der Waals surface area contributed by atoms with Gasteiger partial charge < -0.3 is 5.73 Å². The van der Waals surface area contributed by atoms with Crippen molar-refractivity contribution in [1.29, 1.82) is 0 Å². The van der Waals surface area contributed by atoms with Crippen molar-refractivity contribution in [2.75, 3.05) is 13.1 Å². The molecule has 0 unspecified atom stereocenters. The Morgan fingerprint density at radius 2 is 2.20 bits per heavy atom. The molecular formula is C8H12ClN3O2S. The van der Waals surface area contributed by atoms with Crippen LogP contribution in [0, 0.1) is 0 Å². The van der Waals surface area contributed by atoms with Gasteiger partial charge in [0.1, 0.15) is 10.0 Å². The van der Waals surface area contributed by atoms with Gasteiger partial charge in [0.05, 0.1) is 0 Å². The van der Waals surface area contributed by atoms with Crippen LogP contribution >= 0.6 is 11.6 Å². The summed E-state index contributed by atoms with van der Waals surface area (Å²) in [6.45, 7) is 0.767. The van der Waals surface area contributed by atoms with Gasteiger partial charge in [-0.15, -0.1) is 0 Å². The van der Waals surface area contributed by atoms with E-state index in [0.717, 1.165) is 0 Å². The Morgan fingerprint density at radius 3 is 2.73 bits per heavy atom. The first-order chi connectivity index (χ1) is 7.06. The molecule has 0 atom stereocenters. The molecule has 0 saturated carbocycles. The number of pyridine rings is 1. The van der Waals surface area contributed by atoms with E-state index >= 15 is 0 Å². The zero-order chi connectivity index (χ0) is 11.3. The molecule has 15 heavy (non-hydrogen) atoms. The third-order valence-corrected chi connectivity index (χ3v) is 3.35. The van der Waals surface area contributed by atoms with Crippen molar-refractivity contribution >= 4 is 21.6 Å². The number of sulfonamides is 1. The predicted octanol–water partition coefficient (Wildman–Crippen LogP) is 0.362. The summed E-state index contributed by atoms with van der Waals surface area (Å²) in [4.78, 5) is 3.80. The number of nitrogens with two attached hydrogens (primary N) is 1. The minimum atomic E-state index is -3.48. The van der Waals surface area contributed by atoms with E-state index in [1.54, 1.807) is 0 Å². The van der Waals surface area contributed by atoms with Gasteiger partial charge in [-0.1, -0.05) is 11.6 Å². The minimum absolute atomic E-state index is 0.101. The molecule has 0 aliphatic carbocycles. The zero-order valence-corrected chi connectivity index (χ0v) is 9.55. The van der Waals surface area contributed by atoms with E-state index in [4.69, 9.17) is 17.3 Å². The Labute approximate surface area is 93.7 Å². The van der Waals surface area contributed by atoms with Crippen LogP contribution in [0.4, 0.5) is 0 Å². The Bertz CT molecular complexity index is 404. The second-order valence-electron chi connectivity index (χ2n) is 2.86. The van der Waals surface area contributed by atoms with Gasteiger partial charge in [-0.3, -0.25) is 0 Å². The van der Waals surface area contributed by atoms with Crippen molar-refractivity contribution in [3.8, 4) is 0 Å². The van der Waals surface area contributed by atoms with E-state index in [-0.39, 0.29) is 10.0 Å². The van der Waals surface area contributed by atoms with E-state index in [0.29, 0.717) is 19.5 Å². The highest BCUT2D eigenvalue weighted by molar-refractivity contribution is 7.89. The number of aromatic nitrogens is 1. The number of hydrogen-bond acceptors (Lipinski definition) is 4. The lowest BCUT2D eigenvalue weighted by Crippen LogP contribution is -2.26. The summed E-state index contributed by atoms with van der Waals surface area (Å²) in [5.74, 6) is 0. The van der Waals surface area contributed by atoms with Crippen molar-refractivity contribution in [3.63, 3.8) is 0 Å². The molecule has 0 radical (unpaired) electrons. The number of nitrogens with zero attached hydrogens (tertiary/aromatic N) is 1. The maximum atomic E-state index is 11.6. The molecule has 3 N–H and O–H groups in total. The average Bonchev–Trinajstić information content (AvgIpc) is 2.18. The Morgan fingerprint density at radius 1 is 1.47 bits per heavy atom. The van der Waals surface area contributed by atoms with Gasteiger partial charge >= 0.3 is 0 Å². The molecule has 0 amide bonds. The van der Waals surface area contributed by atoms with Crippen molar-refractivity contribution in [2.45, 2.75) is 11.3 Å². The van der Waals surface area contributed by atoms with E-state index in [1.165, 1.54) is 18.3 Å². The normalized spacial score (nSPS) is 11.6. The molecule has 0 fully saturated rings. The van der Waals surface area contributed by atoms with Crippen LogP contribution in [-0.2, 0) is 10.0 Å². The lowest BCUT2D eigenvalue weighted by molar-refractivity contribution is 0.579. The number of rotatable bonds is 5. The van der Waals surface area contributed by atoms with Gasteiger partial charge in [0.15, 0.2) is 0 Å². The number of halogens is 1. The maximum Gasteiger partial charge on any atom is 0.242 e. The standard InChI is InChI=1S/C8H12ClN3O2S/c9-8-3-2-7(6-11-8)15(13,14)12-5-1-4-10/h2-3,6,12H,1,4-5,10H2. The average molecular weight is 250 g/mol. The molecule has 0 spiro atoms. The van der Waals surface area contributed by atoms with Crippen molar-refractivity contribution in [1.82, 2.24) is 9.71 Å². The molecule has 1 rings (SSSR count). The first kappa shape index (κ1) is 12.4. The van der Waals surface area contributed by atoms with Gasteiger partial charge in [-0.25, -0.2) is 18.1 Å². The first-order valence-corrected chi connectivity index (χ1v) is 6.23. The molecule has 0 aliphatic rings. The van der Waals surface area contributed by atoms with Gasteiger partial charge in [-0.2, -0.15) is 0 Å². The first-order valence-electron chi connectivity index (χ1n) is 4.37. The summed E-state index contributed by atoms with van der Waals surface area (Å²) >= 11 is 5.55. The van der Waals surface area contributed by atoms with Crippen LogP contribution in [0.5, 0.6) is 0 Å². The summed E-state index contributed by atoms with van der Waals surface area (Å²) in [6, 6.07) is 2.83. The number of nitrogens with one attached hydrogen (secondary N) is 1. The van der Waals surface area contributed by atoms with Crippen LogP contribution < -0.4 is 10.5 Å². The lowest BCUT2D eigenvalue weighted by Gasteiger charge is -2.05. The summed E-state index contributed by atoms with van der Waals surface area (Å²) < 4.78 is 25.6. The van der Waals surface area contributed by atoms with Gasteiger partial charge in [0, 0.05) is 12.7 Å². The molecule has 7 heteroatoms. The molecule has 0 bridgehead atoms. The van der Waals surface area contributed by atoms with Crippen LogP contribution in [0.1, 0.15) is 6.42 Å². The highest BCUT2D eigenvalue weighted by Gasteiger charge is 2.12. The molecule has 84 valence electrons. The molecule has 1 heterocycles. The molecular weight excluding hydrogens is 238 g/mol. The van der Waals surface area contributed by atoms with Crippen LogP contribution in [0.3, 0.4) is 0 Å². The molecule has 0 saturated heterocycles. The number of hydrogen-bond donors (Lipinski definition) is 2. The zero-order valence-electron chi connectivity index (χ0n) is 7.98. The van der Waals surface area contributed by atoms with Crippen molar-refractivity contribution in [2.24, 2.45) is 5.73 Å². The van der Waals surface area contributed by atoms with Gasteiger partial charge in [-0.05, 0) is 25.1 Å². The fraction of sp³-hybridized carbons (Fsp3) is 0.375. The second kappa shape index (κ2) is 5.41. The minimum Gasteiger partial charge on any atom is -0.330 e. The molecule has 0 aromatic carbocycles. The van der Waals surface area contributed by atoms with Crippen LogP contribution in [-0.4, -0.2) is 26.5 Å². The third kappa shape index (κ3) is 3.75. The summed E-state index contributed by atoms with van der Waals surface area (Å²) in [6.07, 6.45) is 1.81. The molecule has 1 aromatic rings. The fourth-order valence-electron chi connectivity index (χ4n) is 0.913. The third-order valence-electron chi connectivity index (χ3n) is 1.68. The van der Waals surface area contributed by atoms with Crippen LogP contribution in [0.25, 0.3) is 0 Å². The van der Waals surface area contributed by atoms with Crippen molar-refractivity contribution in [3.05, 3.63) is 23.5 Å². The molecule has 5 nitrogen and oxygen atoms in total. The Kier molecular flexibility index (Phi) is 4.46. The summed E-state index contributed by atoms with van der Waals surface area (Å²) in [5.41, 5.74) is 5.25. The predicted molar refractivity (Wildman–Crippen MR) is 58.1 cm³/mol. The summed E-state index contributed by atoms with van der Waals surface area (Å²) in [7, 11) is -3.48. The van der Waals surface area contributed by atoms with E-state index < -0.39 is 10.0 Å². The smallest absolute Gasteiger partial charge is 0.242 e. The quantitative estimate of drug-likeness (QED) is 0.583. The highest BCUT2D eigenvalue weighted by atomic mass is 35.5.